The molecule has 1 heterocycles. The van der Waals surface area contributed by atoms with Crippen molar-refractivity contribution in [1.29, 1.82) is 0 Å². The monoisotopic (exact) mass is 372 g/mol. The largest absolute Gasteiger partial charge is 0.496 e. The first-order chi connectivity index (χ1) is 12.5. The molecule has 1 atom stereocenters. The van der Waals surface area contributed by atoms with Crippen LogP contribution >= 0.6 is 11.6 Å². The van der Waals surface area contributed by atoms with Crippen LogP contribution in [0.15, 0.2) is 42.5 Å². The number of halogens is 1. The van der Waals surface area contributed by atoms with Gasteiger partial charge in [-0.25, -0.2) is 0 Å². The second kappa shape index (κ2) is 7.79. The summed E-state index contributed by atoms with van der Waals surface area (Å²) in [4.78, 5) is 26.6. The molecule has 0 radical (unpaired) electrons. The third-order valence-electron chi connectivity index (χ3n) is 4.60. The van der Waals surface area contributed by atoms with Gasteiger partial charge in [0.1, 0.15) is 5.75 Å². The number of aryl methyl sites for hydroxylation is 1. The first kappa shape index (κ1) is 18.3. The maximum absolute atomic E-state index is 12.5. The maximum atomic E-state index is 12.5. The van der Waals surface area contributed by atoms with Crippen LogP contribution in [0.4, 0.5) is 5.69 Å². The summed E-state index contributed by atoms with van der Waals surface area (Å²) < 4.78 is 5.29. The first-order valence-electron chi connectivity index (χ1n) is 8.45. The number of ether oxygens (including phenoxy) is 1. The number of carbonyl (C=O) groups excluding carboxylic acids is 2. The molecule has 1 aliphatic rings. The fourth-order valence-electron chi connectivity index (χ4n) is 3.17. The average Bonchev–Trinajstić information content (AvgIpc) is 3.03. The Labute approximate surface area is 157 Å². The zero-order valence-corrected chi connectivity index (χ0v) is 15.5. The number of carbonyl (C=O) groups is 2. The highest BCUT2D eigenvalue weighted by Gasteiger charge is 2.35. The third-order valence-corrected chi connectivity index (χ3v) is 4.84. The van der Waals surface area contributed by atoms with Crippen LogP contribution < -0.4 is 15.0 Å². The van der Waals surface area contributed by atoms with E-state index in [1.165, 1.54) is 0 Å². The molecule has 0 aromatic heterocycles. The standard InChI is InChI=1S/C20H21ClN2O3/c1-13-7-8-16(21)10-17(13)23-12-15(9-19(23)24)20(25)22-11-14-5-3-4-6-18(14)26-2/h3-8,10,15H,9,11-12H2,1-2H3,(H,22,25). The molecule has 0 spiro atoms. The van der Waals surface area contributed by atoms with Crippen LogP contribution in [0.1, 0.15) is 17.5 Å². The molecule has 2 aromatic carbocycles. The summed E-state index contributed by atoms with van der Waals surface area (Å²) in [6.45, 7) is 2.65. The summed E-state index contributed by atoms with van der Waals surface area (Å²) in [5.74, 6) is 0.154. The molecule has 1 saturated heterocycles. The molecule has 136 valence electrons. The van der Waals surface area contributed by atoms with Gasteiger partial charge in [0.25, 0.3) is 0 Å². The van der Waals surface area contributed by atoms with E-state index in [0.717, 1.165) is 22.6 Å². The lowest BCUT2D eigenvalue weighted by atomic mass is 10.1. The van der Waals surface area contributed by atoms with Gasteiger partial charge in [-0.05, 0) is 30.7 Å². The molecular formula is C20H21ClN2O3. The summed E-state index contributed by atoms with van der Waals surface area (Å²) in [5.41, 5.74) is 2.62. The molecule has 26 heavy (non-hydrogen) atoms. The molecule has 0 saturated carbocycles. The van der Waals surface area contributed by atoms with Crippen molar-refractivity contribution < 1.29 is 14.3 Å². The first-order valence-corrected chi connectivity index (χ1v) is 8.83. The summed E-state index contributed by atoms with van der Waals surface area (Å²) in [6.07, 6.45) is 0.198. The lowest BCUT2D eigenvalue weighted by Gasteiger charge is -2.19. The van der Waals surface area contributed by atoms with Crippen molar-refractivity contribution in [2.24, 2.45) is 5.92 Å². The molecular weight excluding hydrogens is 352 g/mol. The van der Waals surface area contributed by atoms with Crippen molar-refractivity contribution in [3.05, 3.63) is 58.6 Å². The minimum atomic E-state index is -0.379. The summed E-state index contributed by atoms with van der Waals surface area (Å²) in [7, 11) is 1.60. The number of anilines is 1. The Bertz CT molecular complexity index is 838. The Morgan fingerprint density at radius 1 is 1.31 bits per heavy atom. The molecule has 1 fully saturated rings. The SMILES string of the molecule is COc1ccccc1CNC(=O)C1CC(=O)N(c2cc(Cl)ccc2C)C1. The Balaban J connectivity index is 1.66. The fraction of sp³-hybridized carbons (Fsp3) is 0.300. The van der Waals surface area contributed by atoms with Crippen LogP contribution in [0.2, 0.25) is 5.02 Å². The molecule has 1 N–H and O–H groups in total. The molecule has 1 unspecified atom stereocenters. The van der Waals surface area contributed by atoms with E-state index in [0.29, 0.717) is 18.1 Å². The predicted molar refractivity (Wildman–Crippen MR) is 101 cm³/mol. The van der Waals surface area contributed by atoms with Gasteiger partial charge in [0.2, 0.25) is 11.8 Å². The van der Waals surface area contributed by atoms with E-state index in [1.54, 1.807) is 24.1 Å². The van der Waals surface area contributed by atoms with Crippen LogP contribution in [0.5, 0.6) is 5.75 Å². The Morgan fingerprint density at radius 2 is 2.08 bits per heavy atom. The number of hydrogen-bond acceptors (Lipinski definition) is 3. The molecule has 6 heteroatoms. The summed E-state index contributed by atoms with van der Waals surface area (Å²) in [5, 5.41) is 3.48. The summed E-state index contributed by atoms with van der Waals surface area (Å²) in [6, 6.07) is 13.0. The Hall–Kier alpha value is -2.53. The van der Waals surface area contributed by atoms with E-state index in [4.69, 9.17) is 16.3 Å². The quantitative estimate of drug-likeness (QED) is 0.875. The molecule has 0 bridgehead atoms. The highest BCUT2D eigenvalue weighted by Crippen LogP contribution is 2.30. The molecule has 5 nitrogen and oxygen atoms in total. The van der Waals surface area contributed by atoms with E-state index >= 15 is 0 Å². The molecule has 2 aromatic rings. The van der Waals surface area contributed by atoms with Crippen molar-refractivity contribution >= 4 is 29.1 Å². The number of para-hydroxylation sites is 1. The van der Waals surface area contributed by atoms with Crippen molar-refractivity contribution in [3.63, 3.8) is 0 Å². The van der Waals surface area contributed by atoms with Crippen LogP contribution in [-0.2, 0) is 16.1 Å². The van der Waals surface area contributed by atoms with Crippen LogP contribution in [0, 0.1) is 12.8 Å². The van der Waals surface area contributed by atoms with E-state index < -0.39 is 0 Å². The Kier molecular flexibility index (Phi) is 5.47. The maximum Gasteiger partial charge on any atom is 0.227 e. The van der Waals surface area contributed by atoms with Crippen LogP contribution in [-0.4, -0.2) is 25.5 Å². The average molecular weight is 373 g/mol. The number of nitrogens with one attached hydrogen (secondary N) is 1. The third kappa shape index (κ3) is 3.83. The van der Waals surface area contributed by atoms with E-state index in [1.807, 2.05) is 37.3 Å². The molecule has 2 amide bonds. The zero-order chi connectivity index (χ0) is 18.7. The number of amides is 2. The minimum absolute atomic E-state index is 0.0622. The number of rotatable bonds is 5. The molecule has 3 rings (SSSR count). The second-order valence-electron chi connectivity index (χ2n) is 6.37. The van der Waals surface area contributed by atoms with Gasteiger partial charge in [-0.3, -0.25) is 9.59 Å². The topological polar surface area (TPSA) is 58.6 Å². The fourth-order valence-corrected chi connectivity index (χ4v) is 3.33. The van der Waals surface area contributed by atoms with E-state index in [2.05, 4.69) is 5.32 Å². The van der Waals surface area contributed by atoms with Crippen molar-refractivity contribution in [2.75, 3.05) is 18.6 Å². The van der Waals surface area contributed by atoms with Gasteiger partial charge >= 0.3 is 0 Å². The lowest BCUT2D eigenvalue weighted by molar-refractivity contribution is -0.126. The minimum Gasteiger partial charge on any atom is -0.496 e. The molecule has 1 aliphatic heterocycles. The van der Waals surface area contributed by atoms with Crippen molar-refractivity contribution in [1.82, 2.24) is 5.32 Å². The highest BCUT2D eigenvalue weighted by molar-refractivity contribution is 6.31. The smallest absolute Gasteiger partial charge is 0.227 e. The van der Waals surface area contributed by atoms with Crippen LogP contribution in [0.25, 0.3) is 0 Å². The van der Waals surface area contributed by atoms with Crippen molar-refractivity contribution in [2.45, 2.75) is 19.9 Å². The van der Waals surface area contributed by atoms with E-state index in [-0.39, 0.29) is 24.2 Å². The number of hydrogen-bond donors (Lipinski definition) is 1. The predicted octanol–water partition coefficient (Wildman–Crippen LogP) is 3.33. The number of benzene rings is 2. The van der Waals surface area contributed by atoms with Gasteiger partial charge in [0, 0.05) is 35.8 Å². The number of methoxy groups -OCH3 is 1. The Morgan fingerprint density at radius 3 is 2.85 bits per heavy atom. The van der Waals surface area contributed by atoms with Gasteiger partial charge in [0.15, 0.2) is 0 Å². The summed E-state index contributed by atoms with van der Waals surface area (Å²) >= 11 is 6.06. The van der Waals surface area contributed by atoms with Gasteiger partial charge in [-0.15, -0.1) is 0 Å². The van der Waals surface area contributed by atoms with Crippen LogP contribution in [0.3, 0.4) is 0 Å². The second-order valence-corrected chi connectivity index (χ2v) is 6.80. The van der Waals surface area contributed by atoms with Gasteiger partial charge < -0.3 is 15.0 Å². The van der Waals surface area contributed by atoms with Crippen molar-refractivity contribution in [3.8, 4) is 5.75 Å². The van der Waals surface area contributed by atoms with Gasteiger partial charge in [0.05, 0.1) is 13.0 Å². The van der Waals surface area contributed by atoms with E-state index in [9.17, 15) is 9.59 Å². The van der Waals surface area contributed by atoms with Gasteiger partial charge in [-0.1, -0.05) is 35.9 Å². The lowest BCUT2D eigenvalue weighted by Crippen LogP contribution is -2.32. The zero-order valence-electron chi connectivity index (χ0n) is 14.8. The number of nitrogens with zero attached hydrogens (tertiary/aromatic N) is 1. The van der Waals surface area contributed by atoms with Gasteiger partial charge in [-0.2, -0.15) is 0 Å². The molecule has 0 aliphatic carbocycles. The highest BCUT2D eigenvalue weighted by atomic mass is 35.5. The normalized spacial score (nSPS) is 16.7.